The standard InChI is InChI=1S/C24H22Cl2N2O5/c1-4-31-24(29)20-13(2)33-23(28)17(11-27)21(20)15-9-18(26)22(19(10-15)30-3)32-12-14-5-7-16(25)8-6-14/h5-10,21H,4,12,28H2,1-3H3. The van der Waals surface area contributed by atoms with E-state index in [0.717, 1.165) is 5.56 Å². The molecule has 2 N–H and O–H groups in total. The van der Waals surface area contributed by atoms with Gasteiger partial charge in [-0.2, -0.15) is 5.26 Å². The Hall–Kier alpha value is -3.34. The summed E-state index contributed by atoms with van der Waals surface area (Å²) in [4.78, 5) is 12.7. The van der Waals surface area contributed by atoms with E-state index in [2.05, 4.69) is 0 Å². The average Bonchev–Trinajstić information content (AvgIpc) is 2.78. The van der Waals surface area contributed by atoms with Crippen molar-refractivity contribution in [3.63, 3.8) is 0 Å². The Bertz CT molecular complexity index is 1170. The fourth-order valence-electron chi connectivity index (χ4n) is 3.47. The number of nitrogens with zero attached hydrogens (tertiary/aromatic N) is 1. The number of benzene rings is 2. The molecule has 33 heavy (non-hydrogen) atoms. The van der Waals surface area contributed by atoms with Gasteiger partial charge in [0.25, 0.3) is 0 Å². The minimum Gasteiger partial charge on any atom is -0.493 e. The summed E-state index contributed by atoms with van der Waals surface area (Å²) in [5.74, 6) is -0.661. The summed E-state index contributed by atoms with van der Waals surface area (Å²) < 4.78 is 22.0. The molecule has 0 fully saturated rings. The zero-order valence-corrected chi connectivity index (χ0v) is 19.8. The van der Waals surface area contributed by atoms with Crippen molar-refractivity contribution >= 4 is 29.2 Å². The predicted molar refractivity (Wildman–Crippen MR) is 124 cm³/mol. The van der Waals surface area contributed by atoms with Crippen molar-refractivity contribution in [3.05, 3.63) is 80.4 Å². The number of halogens is 2. The summed E-state index contributed by atoms with van der Waals surface area (Å²) in [6, 6.07) is 12.5. The van der Waals surface area contributed by atoms with Crippen molar-refractivity contribution in [2.24, 2.45) is 5.73 Å². The van der Waals surface area contributed by atoms with Crippen molar-refractivity contribution in [2.45, 2.75) is 26.4 Å². The molecule has 0 aliphatic carbocycles. The molecule has 0 spiro atoms. The van der Waals surface area contributed by atoms with Crippen molar-refractivity contribution in [3.8, 4) is 17.6 Å². The summed E-state index contributed by atoms with van der Waals surface area (Å²) in [6.45, 7) is 3.66. The van der Waals surface area contributed by atoms with E-state index in [1.165, 1.54) is 7.11 Å². The number of methoxy groups -OCH3 is 1. The lowest BCUT2D eigenvalue weighted by Gasteiger charge is -2.27. The van der Waals surface area contributed by atoms with E-state index in [0.29, 0.717) is 22.1 Å². The molecule has 2 aromatic rings. The van der Waals surface area contributed by atoms with Crippen LogP contribution in [0.15, 0.2) is 59.2 Å². The first-order valence-electron chi connectivity index (χ1n) is 10.0. The van der Waals surface area contributed by atoms with Crippen LogP contribution in [0.2, 0.25) is 10.0 Å². The van der Waals surface area contributed by atoms with Gasteiger partial charge in [0, 0.05) is 5.02 Å². The Kier molecular flexibility index (Phi) is 7.75. The Morgan fingerprint density at radius 2 is 1.94 bits per heavy atom. The van der Waals surface area contributed by atoms with Crippen molar-refractivity contribution in [1.29, 1.82) is 5.26 Å². The molecule has 0 amide bonds. The number of ether oxygens (including phenoxy) is 4. The minimum atomic E-state index is -0.848. The molecule has 1 atom stereocenters. The first-order valence-corrected chi connectivity index (χ1v) is 10.8. The van der Waals surface area contributed by atoms with Gasteiger partial charge in [0.15, 0.2) is 11.5 Å². The number of nitrogens with two attached hydrogens (primary N) is 1. The Labute approximate surface area is 201 Å². The molecule has 7 nitrogen and oxygen atoms in total. The maximum Gasteiger partial charge on any atom is 0.338 e. The molecule has 172 valence electrons. The van der Waals surface area contributed by atoms with Gasteiger partial charge in [-0.25, -0.2) is 4.79 Å². The monoisotopic (exact) mass is 488 g/mol. The maximum absolute atomic E-state index is 12.7. The second kappa shape index (κ2) is 10.5. The van der Waals surface area contributed by atoms with Gasteiger partial charge in [0.2, 0.25) is 5.88 Å². The summed E-state index contributed by atoms with van der Waals surface area (Å²) in [6.07, 6.45) is 0. The largest absolute Gasteiger partial charge is 0.493 e. The number of allylic oxidation sites excluding steroid dienone is 2. The lowest BCUT2D eigenvalue weighted by atomic mass is 9.83. The highest BCUT2D eigenvalue weighted by atomic mass is 35.5. The van der Waals surface area contributed by atoms with E-state index in [9.17, 15) is 10.1 Å². The molecule has 1 aliphatic rings. The van der Waals surface area contributed by atoms with Crippen LogP contribution in [-0.4, -0.2) is 19.7 Å². The summed E-state index contributed by atoms with van der Waals surface area (Å²) in [5, 5.41) is 10.6. The second-order valence-corrected chi connectivity index (χ2v) is 7.91. The molecule has 1 aliphatic heterocycles. The molecule has 0 saturated heterocycles. The van der Waals surface area contributed by atoms with Gasteiger partial charge in [-0.3, -0.25) is 0 Å². The molecular weight excluding hydrogens is 467 g/mol. The zero-order valence-electron chi connectivity index (χ0n) is 18.3. The van der Waals surface area contributed by atoms with Crippen LogP contribution in [0.4, 0.5) is 0 Å². The van der Waals surface area contributed by atoms with Crippen LogP contribution in [-0.2, 0) is 20.9 Å². The normalized spacial score (nSPS) is 15.6. The van der Waals surface area contributed by atoms with Gasteiger partial charge in [-0.1, -0.05) is 35.3 Å². The molecule has 1 heterocycles. The third kappa shape index (κ3) is 5.19. The lowest BCUT2D eigenvalue weighted by molar-refractivity contribution is -0.139. The van der Waals surface area contributed by atoms with Gasteiger partial charge in [0.05, 0.1) is 30.2 Å². The number of hydrogen-bond acceptors (Lipinski definition) is 7. The number of hydrogen-bond donors (Lipinski definition) is 1. The van der Waals surface area contributed by atoms with Gasteiger partial charge in [0.1, 0.15) is 24.0 Å². The van der Waals surface area contributed by atoms with Gasteiger partial charge < -0.3 is 24.7 Å². The van der Waals surface area contributed by atoms with Crippen LogP contribution in [0.1, 0.15) is 30.9 Å². The van der Waals surface area contributed by atoms with Crippen LogP contribution in [0, 0.1) is 11.3 Å². The van der Waals surface area contributed by atoms with E-state index in [1.54, 1.807) is 38.1 Å². The molecule has 0 saturated carbocycles. The molecular formula is C24H22Cl2N2O5. The number of carbonyl (C=O) groups is 1. The van der Waals surface area contributed by atoms with Crippen LogP contribution < -0.4 is 15.2 Å². The van der Waals surface area contributed by atoms with Crippen LogP contribution >= 0.6 is 23.2 Å². The molecule has 0 bridgehead atoms. The molecule has 3 rings (SSSR count). The van der Waals surface area contributed by atoms with E-state index < -0.39 is 11.9 Å². The maximum atomic E-state index is 12.7. The Morgan fingerprint density at radius 1 is 1.24 bits per heavy atom. The molecule has 0 aromatic heterocycles. The van der Waals surface area contributed by atoms with Crippen LogP contribution in [0.3, 0.4) is 0 Å². The second-order valence-electron chi connectivity index (χ2n) is 7.06. The van der Waals surface area contributed by atoms with Gasteiger partial charge in [-0.05, 0) is 49.2 Å². The number of carbonyl (C=O) groups excluding carboxylic acids is 1. The molecule has 0 radical (unpaired) electrons. The third-order valence-corrected chi connectivity index (χ3v) is 5.52. The van der Waals surface area contributed by atoms with Crippen molar-refractivity contribution in [1.82, 2.24) is 0 Å². The van der Waals surface area contributed by atoms with E-state index in [-0.39, 0.29) is 41.0 Å². The fraction of sp³-hybridized carbons (Fsp3) is 0.250. The SMILES string of the molecule is CCOC(=O)C1=C(C)OC(N)=C(C#N)C1c1cc(Cl)c(OCc2ccc(Cl)cc2)c(OC)c1. The number of esters is 1. The van der Waals surface area contributed by atoms with Gasteiger partial charge >= 0.3 is 5.97 Å². The van der Waals surface area contributed by atoms with Crippen LogP contribution in [0.5, 0.6) is 11.5 Å². The summed E-state index contributed by atoms with van der Waals surface area (Å²) in [5.41, 5.74) is 7.57. The van der Waals surface area contributed by atoms with E-state index in [4.69, 9.17) is 47.9 Å². The zero-order chi connectivity index (χ0) is 24.1. The number of rotatable bonds is 7. The first kappa shape index (κ1) is 24.3. The third-order valence-electron chi connectivity index (χ3n) is 4.98. The van der Waals surface area contributed by atoms with Crippen LogP contribution in [0.25, 0.3) is 0 Å². The quantitative estimate of drug-likeness (QED) is 0.532. The Morgan fingerprint density at radius 3 is 2.55 bits per heavy atom. The molecule has 1 unspecified atom stereocenters. The molecule has 2 aromatic carbocycles. The Balaban J connectivity index is 2.03. The average molecular weight is 489 g/mol. The first-order chi connectivity index (χ1) is 15.8. The highest BCUT2D eigenvalue weighted by Gasteiger charge is 2.37. The van der Waals surface area contributed by atoms with E-state index in [1.807, 2.05) is 18.2 Å². The summed E-state index contributed by atoms with van der Waals surface area (Å²) in [7, 11) is 1.47. The fourth-order valence-corrected chi connectivity index (χ4v) is 3.87. The summed E-state index contributed by atoms with van der Waals surface area (Å²) >= 11 is 12.5. The van der Waals surface area contributed by atoms with Crippen molar-refractivity contribution in [2.75, 3.05) is 13.7 Å². The topological polar surface area (TPSA) is 104 Å². The van der Waals surface area contributed by atoms with Crippen molar-refractivity contribution < 1.29 is 23.7 Å². The smallest absolute Gasteiger partial charge is 0.338 e. The molecule has 9 heteroatoms. The highest BCUT2D eigenvalue weighted by molar-refractivity contribution is 6.32. The lowest BCUT2D eigenvalue weighted by Crippen LogP contribution is -2.25. The number of nitriles is 1. The minimum absolute atomic E-state index is 0.0663. The van der Waals surface area contributed by atoms with E-state index >= 15 is 0 Å². The van der Waals surface area contributed by atoms with Gasteiger partial charge in [-0.15, -0.1) is 0 Å². The highest BCUT2D eigenvalue weighted by Crippen LogP contribution is 2.45. The predicted octanol–water partition coefficient (Wildman–Crippen LogP) is 5.23.